The molecule has 0 radical (unpaired) electrons. The third-order valence-electron chi connectivity index (χ3n) is 3.76. The van der Waals surface area contributed by atoms with Crippen LogP contribution >= 0.6 is 23.2 Å². The summed E-state index contributed by atoms with van der Waals surface area (Å²) in [4.78, 5) is 0. The Balaban J connectivity index is 2.11. The minimum atomic E-state index is -0.292. The van der Waals surface area contributed by atoms with Gasteiger partial charge in [0, 0.05) is 22.0 Å². The molecule has 4 heteroatoms. The Morgan fingerprint density at radius 1 is 1.20 bits per heavy atom. The molecular formula is C16H15Cl2NO. The summed E-state index contributed by atoms with van der Waals surface area (Å²) in [5.74, 6) is 0.876. The number of hydrogen-bond donors (Lipinski definition) is 1. The van der Waals surface area contributed by atoms with Gasteiger partial charge in [0.2, 0.25) is 0 Å². The maximum absolute atomic E-state index is 6.43. The van der Waals surface area contributed by atoms with Crippen LogP contribution in [0.2, 0.25) is 10.0 Å². The van der Waals surface area contributed by atoms with Crippen LogP contribution in [0, 0.1) is 6.92 Å². The highest BCUT2D eigenvalue weighted by atomic mass is 35.5. The Labute approximate surface area is 128 Å². The Hall–Kier alpha value is -1.22. The first kappa shape index (κ1) is 13.7. The molecule has 2 aromatic carbocycles. The third-order valence-corrected chi connectivity index (χ3v) is 4.38. The second kappa shape index (κ2) is 5.28. The molecule has 0 saturated heterocycles. The molecule has 0 aliphatic carbocycles. The molecule has 0 fully saturated rings. The summed E-state index contributed by atoms with van der Waals surface area (Å²) in [6.45, 7) is 2.66. The van der Waals surface area contributed by atoms with Gasteiger partial charge in [-0.15, -0.1) is 0 Å². The van der Waals surface area contributed by atoms with E-state index in [1.807, 2.05) is 37.3 Å². The quantitative estimate of drug-likeness (QED) is 0.898. The molecule has 0 aromatic heterocycles. The van der Waals surface area contributed by atoms with E-state index in [-0.39, 0.29) is 6.04 Å². The molecule has 20 heavy (non-hydrogen) atoms. The van der Waals surface area contributed by atoms with Crippen LogP contribution < -0.4 is 10.5 Å². The summed E-state index contributed by atoms with van der Waals surface area (Å²) in [6.07, 6.45) is 0.879. The third kappa shape index (κ3) is 2.28. The van der Waals surface area contributed by atoms with Gasteiger partial charge in [0.05, 0.1) is 12.6 Å². The number of nitrogens with two attached hydrogens (primary N) is 1. The van der Waals surface area contributed by atoms with E-state index in [9.17, 15) is 0 Å². The van der Waals surface area contributed by atoms with Crippen molar-refractivity contribution in [3.8, 4) is 5.75 Å². The molecule has 0 amide bonds. The lowest BCUT2D eigenvalue weighted by Gasteiger charge is -2.19. The van der Waals surface area contributed by atoms with Crippen LogP contribution in [0.4, 0.5) is 0 Å². The first-order valence-electron chi connectivity index (χ1n) is 6.53. The van der Waals surface area contributed by atoms with Crippen LogP contribution in [0.1, 0.15) is 28.3 Å². The van der Waals surface area contributed by atoms with E-state index in [2.05, 4.69) is 0 Å². The summed E-state index contributed by atoms with van der Waals surface area (Å²) in [5, 5.41) is 1.41. The molecule has 3 rings (SSSR count). The SMILES string of the molecule is Cc1c(Cl)cccc1C(N)c1cc(Cl)cc2c1OCC2. The van der Waals surface area contributed by atoms with Crippen molar-refractivity contribution in [1.82, 2.24) is 0 Å². The summed E-state index contributed by atoms with van der Waals surface area (Å²) >= 11 is 12.4. The fraction of sp³-hybridized carbons (Fsp3) is 0.250. The van der Waals surface area contributed by atoms with Gasteiger partial charge in [-0.2, -0.15) is 0 Å². The molecule has 0 bridgehead atoms. The van der Waals surface area contributed by atoms with Crippen molar-refractivity contribution in [2.45, 2.75) is 19.4 Å². The first-order chi connectivity index (χ1) is 9.58. The van der Waals surface area contributed by atoms with Crippen LogP contribution in [0.5, 0.6) is 5.75 Å². The lowest BCUT2D eigenvalue weighted by molar-refractivity contribution is 0.352. The molecule has 1 heterocycles. The van der Waals surface area contributed by atoms with Gasteiger partial charge >= 0.3 is 0 Å². The van der Waals surface area contributed by atoms with E-state index < -0.39 is 0 Å². The van der Waals surface area contributed by atoms with E-state index in [1.54, 1.807) is 0 Å². The first-order valence-corrected chi connectivity index (χ1v) is 7.29. The van der Waals surface area contributed by atoms with Gasteiger partial charge in [-0.25, -0.2) is 0 Å². The summed E-state index contributed by atoms with van der Waals surface area (Å²) in [5.41, 5.74) is 10.5. The molecule has 0 spiro atoms. The van der Waals surface area contributed by atoms with E-state index >= 15 is 0 Å². The zero-order chi connectivity index (χ0) is 14.3. The molecule has 2 aromatic rings. The van der Waals surface area contributed by atoms with Crippen molar-refractivity contribution in [3.05, 3.63) is 62.6 Å². The predicted octanol–water partition coefficient (Wildman–Crippen LogP) is 4.28. The van der Waals surface area contributed by atoms with Crippen molar-refractivity contribution in [3.63, 3.8) is 0 Å². The van der Waals surface area contributed by atoms with Crippen molar-refractivity contribution in [2.75, 3.05) is 6.61 Å². The minimum absolute atomic E-state index is 0.292. The largest absolute Gasteiger partial charge is 0.493 e. The monoisotopic (exact) mass is 307 g/mol. The number of halogens is 2. The van der Waals surface area contributed by atoms with Gasteiger partial charge < -0.3 is 10.5 Å². The van der Waals surface area contributed by atoms with Crippen molar-refractivity contribution in [2.24, 2.45) is 5.73 Å². The Bertz CT molecular complexity index is 670. The number of benzene rings is 2. The predicted molar refractivity (Wildman–Crippen MR) is 82.9 cm³/mol. The van der Waals surface area contributed by atoms with Gasteiger partial charge in [0.1, 0.15) is 5.75 Å². The molecule has 2 nitrogen and oxygen atoms in total. The Kier molecular flexibility index (Phi) is 3.63. The average molecular weight is 308 g/mol. The van der Waals surface area contributed by atoms with Crippen LogP contribution in [-0.4, -0.2) is 6.61 Å². The molecule has 1 atom stereocenters. The number of ether oxygens (including phenoxy) is 1. The second-order valence-electron chi connectivity index (χ2n) is 5.01. The van der Waals surface area contributed by atoms with Gasteiger partial charge in [-0.1, -0.05) is 35.3 Å². The van der Waals surface area contributed by atoms with E-state index in [0.29, 0.717) is 11.6 Å². The average Bonchev–Trinajstić information content (AvgIpc) is 2.88. The van der Waals surface area contributed by atoms with Gasteiger partial charge in [-0.05, 0) is 41.8 Å². The second-order valence-corrected chi connectivity index (χ2v) is 5.86. The van der Waals surface area contributed by atoms with Crippen LogP contribution in [0.15, 0.2) is 30.3 Å². The fourth-order valence-electron chi connectivity index (χ4n) is 2.66. The summed E-state index contributed by atoms with van der Waals surface area (Å²) in [6, 6.07) is 9.32. The zero-order valence-corrected chi connectivity index (χ0v) is 12.6. The molecule has 104 valence electrons. The Morgan fingerprint density at radius 2 is 2.00 bits per heavy atom. The molecule has 0 saturated carbocycles. The maximum atomic E-state index is 6.43. The highest BCUT2D eigenvalue weighted by molar-refractivity contribution is 6.31. The molecular weight excluding hydrogens is 293 g/mol. The van der Waals surface area contributed by atoms with Crippen LogP contribution in [0.25, 0.3) is 0 Å². The van der Waals surface area contributed by atoms with E-state index in [4.69, 9.17) is 33.7 Å². The lowest BCUT2D eigenvalue weighted by atomic mass is 9.93. The van der Waals surface area contributed by atoms with Crippen molar-refractivity contribution < 1.29 is 4.74 Å². The standard InChI is InChI=1S/C16H15Cl2NO/c1-9-12(3-2-4-14(9)18)15(19)13-8-11(17)7-10-5-6-20-16(10)13/h2-4,7-8,15H,5-6,19H2,1H3. The normalized spacial score (nSPS) is 14.8. The van der Waals surface area contributed by atoms with Gasteiger partial charge in [-0.3, -0.25) is 0 Å². The molecule has 2 N–H and O–H groups in total. The minimum Gasteiger partial charge on any atom is -0.493 e. The maximum Gasteiger partial charge on any atom is 0.127 e. The lowest BCUT2D eigenvalue weighted by Crippen LogP contribution is -2.14. The van der Waals surface area contributed by atoms with Crippen molar-refractivity contribution in [1.29, 1.82) is 0 Å². The van der Waals surface area contributed by atoms with Crippen LogP contribution in [0.3, 0.4) is 0 Å². The van der Waals surface area contributed by atoms with E-state index in [0.717, 1.165) is 39.4 Å². The Morgan fingerprint density at radius 3 is 2.80 bits per heavy atom. The topological polar surface area (TPSA) is 35.2 Å². The highest BCUT2D eigenvalue weighted by Crippen LogP contribution is 2.38. The number of rotatable bonds is 2. The highest BCUT2D eigenvalue weighted by Gasteiger charge is 2.23. The number of hydrogen-bond acceptors (Lipinski definition) is 2. The molecule has 1 aliphatic rings. The van der Waals surface area contributed by atoms with Gasteiger partial charge in [0.25, 0.3) is 0 Å². The fourth-order valence-corrected chi connectivity index (χ4v) is 3.09. The van der Waals surface area contributed by atoms with E-state index in [1.165, 1.54) is 0 Å². The van der Waals surface area contributed by atoms with Crippen LogP contribution in [-0.2, 0) is 6.42 Å². The molecule has 1 aliphatic heterocycles. The summed E-state index contributed by atoms with van der Waals surface area (Å²) < 4.78 is 5.73. The zero-order valence-electron chi connectivity index (χ0n) is 11.1. The molecule has 1 unspecified atom stereocenters. The van der Waals surface area contributed by atoms with Gasteiger partial charge in [0.15, 0.2) is 0 Å². The van der Waals surface area contributed by atoms with Crippen molar-refractivity contribution >= 4 is 23.2 Å². The summed E-state index contributed by atoms with van der Waals surface area (Å²) in [7, 11) is 0. The number of fused-ring (bicyclic) bond motifs is 1. The smallest absolute Gasteiger partial charge is 0.127 e.